The lowest BCUT2D eigenvalue weighted by molar-refractivity contribution is 0.299. The standard InChI is InChI=1S/C21H21ClN2O3/c1-14(2)16-6-8-17(9-7-16)24-21(25)20(19(22)12-23-24)27-13-15-4-10-18(26-3)11-5-15/h4-12,14H,13H2,1-3H3. The zero-order valence-electron chi connectivity index (χ0n) is 15.5. The Hall–Kier alpha value is -2.79. The minimum Gasteiger partial charge on any atom is -0.497 e. The van der Waals surface area contributed by atoms with Gasteiger partial charge in [-0.05, 0) is 41.3 Å². The molecule has 1 heterocycles. The summed E-state index contributed by atoms with van der Waals surface area (Å²) in [6, 6.07) is 15.1. The highest BCUT2D eigenvalue weighted by molar-refractivity contribution is 6.31. The van der Waals surface area contributed by atoms with E-state index in [9.17, 15) is 4.79 Å². The molecular formula is C21H21ClN2O3. The summed E-state index contributed by atoms with van der Waals surface area (Å²) >= 11 is 6.15. The minimum absolute atomic E-state index is 0.0791. The van der Waals surface area contributed by atoms with Gasteiger partial charge in [-0.2, -0.15) is 9.78 Å². The van der Waals surface area contributed by atoms with Gasteiger partial charge >= 0.3 is 5.56 Å². The van der Waals surface area contributed by atoms with Crippen molar-refractivity contribution < 1.29 is 9.47 Å². The zero-order chi connectivity index (χ0) is 19.4. The Bertz CT molecular complexity index is 964. The van der Waals surface area contributed by atoms with E-state index < -0.39 is 5.56 Å². The van der Waals surface area contributed by atoms with Crippen LogP contribution in [0.1, 0.15) is 30.9 Å². The predicted molar refractivity (Wildman–Crippen MR) is 106 cm³/mol. The maximum absolute atomic E-state index is 12.8. The third kappa shape index (κ3) is 4.31. The lowest BCUT2D eigenvalue weighted by Gasteiger charge is -2.11. The number of benzene rings is 2. The van der Waals surface area contributed by atoms with E-state index in [0.717, 1.165) is 11.3 Å². The highest BCUT2D eigenvalue weighted by Gasteiger charge is 2.13. The molecule has 1 aromatic heterocycles. The SMILES string of the molecule is COc1ccc(COc2c(Cl)cnn(-c3ccc(C(C)C)cc3)c2=O)cc1. The van der Waals surface area contributed by atoms with Gasteiger partial charge in [0.2, 0.25) is 5.75 Å². The summed E-state index contributed by atoms with van der Waals surface area (Å²) in [6.07, 6.45) is 1.42. The Morgan fingerprint density at radius 2 is 1.74 bits per heavy atom. The summed E-state index contributed by atoms with van der Waals surface area (Å²) in [5, 5.41) is 4.32. The van der Waals surface area contributed by atoms with Crippen molar-refractivity contribution in [2.24, 2.45) is 0 Å². The van der Waals surface area contributed by atoms with Gasteiger partial charge < -0.3 is 9.47 Å². The molecule has 27 heavy (non-hydrogen) atoms. The minimum atomic E-state index is -0.395. The van der Waals surface area contributed by atoms with Crippen LogP contribution in [0.3, 0.4) is 0 Å². The molecular weight excluding hydrogens is 364 g/mol. The average Bonchev–Trinajstić information content (AvgIpc) is 2.68. The summed E-state index contributed by atoms with van der Waals surface area (Å²) in [4.78, 5) is 12.8. The van der Waals surface area contributed by atoms with E-state index >= 15 is 0 Å². The first kappa shape index (κ1) is 19.0. The molecule has 140 valence electrons. The van der Waals surface area contributed by atoms with Crippen molar-refractivity contribution in [1.29, 1.82) is 0 Å². The second-order valence-corrected chi connectivity index (χ2v) is 6.83. The van der Waals surface area contributed by atoms with Gasteiger partial charge in [0.25, 0.3) is 0 Å². The van der Waals surface area contributed by atoms with Crippen LogP contribution >= 0.6 is 11.6 Å². The second kappa shape index (κ2) is 8.27. The van der Waals surface area contributed by atoms with Gasteiger partial charge in [-0.3, -0.25) is 4.79 Å². The quantitative estimate of drug-likeness (QED) is 0.623. The normalized spacial score (nSPS) is 10.9. The summed E-state index contributed by atoms with van der Waals surface area (Å²) in [5.74, 6) is 1.25. The summed E-state index contributed by atoms with van der Waals surface area (Å²) in [5.41, 5.74) is 2.36. The number of halogens is 1. The predicted octanol–water partition coefficient (Wildman–Crippen LogP) is 4.60. The highest BCUT2D eigenvalue weighted by atomic mass is 35.5. The lowest BCUT2D eigenvalue weighted by Crippen LogP contribution is -2.23. The van der Waals surface area contributed by atoms with E-state index in [0.29, 0.717) is 11.6 Å². The second-order valence-electron chi connectivity index (χ2n) is 6.42. The van der Waals surface area contributed by atoms with Gasteiger partial charge in [-0.1, -0.05) is 49.7 Å². The van der Waals surface area contributed by atoms with Gasteiger partial charge in [-0.25, -0.2) is 0 Å². The van der Waals surface area contributed by atoms with Crippen LogP contribution in [0.25, 0.3) is 5.69 Å². The van der Waals surface area contributed by atoms with Gasteiger partial charge in [-0.15, -0.1) is 0 Å². The Balaban J connectivity index is 1.85. The van der Waals surface area contributed by atoms with Crippen molar-refractivity contribution in [2.45, 2.75) is 26.4 Å². The van der Waals surface area contributed by atoms with Crippen LogP contribution in [-0.4, -0.2) is 16.9 Å². The molecule has 0 atom stereocenters. The molecule has 5 nitrogen and oxygen atoms in total. The highest BCUT2D eigenvalue weighted by Crippen LogP contribution is 2.22. The summed E-state index contributed by atoms with van der Waals surface area (Å²) < 4.78 is 12.1. The molecule has 0 fully saturated rings. The number of rotatable bonds is 6. The zero-order valence-corrected chi connectivity index (χ0v) is 16.2. The molecule has 0 aliphatic carbocycles. The fourth-order valence-electron chi connectivity index (χ4n) is 2.61. The van der Waals surface area contributed by atoms with E-state index in [1.165, 1.54) is 16.4 Å². The van der Waals surface area contributed by atoms with Crippen LogP contribution in [0, 0.1) is 0 Å². The van der Waals surface area contributed by atoms with E-state index in [1.807, 2.05) is 48.5 Å². The Morgan fingerprint density at radius 3 is 2.33 bits per heavy atom. The summed E-state index contributed by atoms with van der Waals surface area (Å²) in [6.45, 7) is 4.45. The topological polar surface area (TPSA) is 53.4 Å². The molecule has 0 N–H and O–H groups in total. The molecule has 2 aromatic carbocycles. The van der Waals surface area contributed by atoms with E-state index in [-0.39, 0.29) is 17.4 Å². The maximum atomic E-state index is 12.8. The van der Waals surface area contributed by atoms with E-state index in [1.54, 1.807) is 7.11 Å². The first-order chi connectivity index (χ1) is 13.0. The van der Waals surface area contributed by atoms with Gasteiger partial charge in [0.15, 0.2) is 0 Å². The smallest absolute Gasteiger partial charge is 0.315 e. The van der Waals surface area contributed by atoms with E-state index in [4.69, 9.17) is 21.1 Å². The first-order valence-electron chi connectivity index (χ1n) is 8.63. The Labute approximate surface area is 163 Å². The number of hydrogen-bond acceptors (Lipinski definition) is 4. The number of nitrogens with zero attached hydrogens (tertiary/aromatic N) is 2. The van der Waals surface area contributed by atoms with Crippen molar-refractivity contribution in [3.05, 3.63) is 81.2 Å². The van der Waals surface area contributed by atoms with Crippen LogP contribution in [0.15, 0.2) is 59.5 Å². The van der Waals surface area contributed by atoms with Crippen molar-refractivity contribution in [2.75, 3.05) is 7.11 Å². The Morgan fingerprint density at radius 1 is 1.07 bits per heavy atom. The molecule has 0 saturated heterocycles. The molecule has 0 aliphatic rings. The molecule has 0 radical (unpaired) electrons. The summed E-state index contributed by atoms with van der Waals surface area (Å²) in [7, 11) is 1.61. The third-order valence-electron chi connectivity index (χ3n) is 4.24. The molecule has 0 bridgehead atoms. The molecule has 0 spiro atoms. The van der Waals surface area contributed by atoms with Gasteiger partial charge in [0.05, 0.1) is 19.0 Å². The van der Waals surface area contributed by atoms with Crippen molar-refractivity contribution in [3.8, 4) is 17.2 Å². The van der Waals surface area contributed by atoms with Crippen LogP contribution < -0.4 is 15.0 Å². The largest absolute Gasteiger partial charge is 0.497 e. The van der Waals surface area contributed by atoms with Crippen LogP contribution in [-0.2, 0) is 6.61 Å². The van der Waals surface area contributed by atoms with E-state index in [2.05, 4.69) is 18.9 Å². The molecule has 3 rings (SSSR count). The van der Waals surface area contributed by atoms with Gasteiger partial charge in [0.1, 0.15) is 17.4 Å². The molecule has 0 amide bonds. The van der Waals surface area contributed by atoms with Crippen molar-refractivity contribution in [1.82, 2.24) is 9.78 Å². The monoisotopic (exact) mass is 384 g/mol. The number of methoxy groups -OCH3 is 1. The molecule has 0 saturated carbocycles. The average molecular weight is 385 g/mol. The van der Waals surface area contributed by atoms with Gasteiger partial charge in [0, 0.05) is 0 Å². The number of hydrogen-bond donors (Lipinski definition) is 0. The maximum Gasteiger partial charge on any atom is 0.315 e. The fraction of sp³-hybridized carbons (Fsp3) is 0.238. The Kier molecular flexibility index (Phi) is 5.81. The van der Waals surface area contributed by atoms with Crippen molar-refractivity contribution >= 4 is 11.6 Å². The third-order valence-corrected chi connectivity index (χ3v) is 4.51. The molecule has 0 aliphatic heterocycles. The van der Waals surface area contributed by atoms with Crippen LogP contribution in [0.4, 0.5) is 0 Å². The molecule has 3 aromatic rings. The van der Waals surface area contributed by atoms with Crippen LogP contribution in [0.2, 0.25) is 5.02 Å². The number of ether oxygens (including phenoxy) is 2. The molecule has 0 unspecified atom stereocenters. The molecule has 6 heteroatoms. The number of aromatic nitrogens is 2. The fourth-order valence-corrected chi connectivity index (χ4v) is 2.79. The van der Waals surface area contributed by atoms with Crippen LogP contribution in [0.5, 0.6) is 11.5 Å². The van der Waals surface area contributed by atoms with Crippen molar-refractivity contribution in [3.63, 3.8) is 0 Å². The lowest BCUT2D eigenvalue weighted by atomic mass is 10.0. The first-order valence-corrected chi connectivity index (χ1v) is 9.01.